The van der Waals surface area contributed by atoms with E-state index in [1.807, 2.05) is 65.2 Å². The summed E-state index contributed by atoms with van der Waals surface area (Å²) in [6, 6.07) is 22.3. The SMILES string of the molecule is COc1ccccc1C(=O)Nc1ccccc1SC[C@@H]1CSc2nc3ccccc3c(=O)n21. The van der Waals surface area contributed by atoms with Crippen LogP contribution < -0.4 is 15.6 Å². The van der Waals surface area contributed by atoms with Gasteiger partial charge in [-0.3, -0.25) is 14.2 Å². The highest BCUT2D eigenvalue weighted by Crippen LogP contribution is 2.36. The molecule has 1 aromatic heterocycles. The molecule has 8 heteroatoms. The number of fused-ring (bicyclic) bond motifs is 2. The number of benzene rings is 3. The van der Waals surface area contributed by atoms with Gasteiger partial charge in [0.2, 0.25) is 0 Å². The molecule has 2 heterocycles. The van der Waals surface area contributed by atoms with Crippen molar-refractivity contribution in [1.82, 2.24) is 9.55 Å². The van der Waals surface area contributed by atoms with Crippen molar-refractivity contribution in [2.24, 2.45) is 0 Å². The molecule has 0 spiro atoms. The summed E-state index contributed by atoms with van der Waals surface area (Å²) in [6.07, 6.45) is 0. The van der Waals surface area contributed by atoms with Crippen molar-refractivity contribution in [2.75, 3.05) is 23.9 Å². The zero-order chi connectivity index (χ0) is 22.8. The molecule has 0 aliphatic carbocycles. The third-order valence-electron chi connectivity index (χ3n) is 5.46. The zero-order valence-electron chi connectivity index (χ0n) is 17.9. The van der Waals surface area contributed by atoms with Crippen molar-refractivity contribution in [3.63, 3.8) is 0 Å². The summed E-state index contributed by atoms with van der Waals surface area (Å²) in [6.45, 7) is 0. The highest BCUT2D eigenvalue weighted by molar-refractivity contribution is 8.00. The molecule has 0 bridgehead atoms. The summed E-state index contributed by atoms with van der Waals surface area (Å²) in [5, 5.41) is 4.41. The zero-order valence-corrected chi connectivity index (χ0v) is 19.5. The van der Waals surface area contributed by atoms with Gasteiger partial charge in [0.1, 0.15) is 5.75 Å². The Morgan fingerprint density at radius 3 is 2.76 bits per heavy atom. The molecule has 0 unspecified atom stereocenters. The van der Waals surface area contributed by atoms with E-state index in [9.17, 15) is 9.59 Å². The first-order valence-corrected chi connectivity index (χ1v) is 12.4. The Morgan fingerprint density at radius 2 is 1.88 bits per heavy atom. The molecule has 1 aliphatic rings. The van der Waals surface area contributed by atoms with Crippen LogP contribution in [0.5, 0.6) is 5.75 Å². The third kappa shape index (κ3) is 4.24. The lowest BCUT2D eigenvalue weighted by atomic mass is 10.2. The quantitative estimate of drug-likeness (QED) is 0.309. The summed E-state index contributed by atoms with van der Waals surface area (Å²) in [4.78, 5) is 31.6. The predicted molar refractivity (Wildman–Crippen MR) is 134 cm³/mol. The number of aromatic nitrogens is 2. The van der Waals surface area contributed by atoms with Gasteiger partial charge >= 0.3 is 0 Å². The van der Waals surface area contributed by atoms with Gasteiger partial charge < -0.3 is 10.1 Å². The van der Waals surface area contributed by atoms with E-state index in [0.29, 0.717) is 22.5 Å². The molecule has 0 saturated carbocycles. The largest absolute Gasteiger partial charge is 0.496 e. The molecule has 1 amide bonds. The van der Waals surface area contributed by atoms with Crippen LogP contribution in [0, 0.1) is 0 Å². The third-order valence-corrected chi connectivity index (χ3v) is 7.78. The Labute approximate surface area is 199 Å². The maximum absolute atomic E-state index is 13.1. The van der Waals surface area contributed by atoms with Gasteiger partial charge in [0.25, 0.3) is 11.5 Å². The van der Waals surface area contributed by atoms with E-state index in [0.717, 1.165) is 27.0 Å². The molecule has 3 aromatic carbocycles. The van der Waals surface area contributed by atoms with Crippen molar-refractivity contribution in [3.05, 3.63) is 88.7 Å². The topological polar surface area (TPSA) is 73.2 Å². The fourth-order valence-electron chi connectivity index (χ4n) is 3.82. The maximum Gasteiger partial charge on any atom is 0.262 e. The van der Waals surface area contributed by atoms with Gasteiger partial charge in [-0.05, 0) is 36.4 Å². The van der Waals surface area contributed by atoms with Crippen LogP contribution in [0.1, 0.15) is 16.4 Å². The number of hydrogen-bond donors (Lipinski definition) is 1. The second-order valence-electron chi connectivity index (χ2n) is 7.51. The van der Waals surface area contributed by atoms with Crippen LogP contribution in [0.4, 0.5) is 5.69 Å². The second kappa shape index (κ2) is 9.33. The molecule has 6 nitrogen and oxygen atoms in total. The summed E-state index contributed by atoms with van der Waals surface area (Å²) >= 11 is 3.23. The maximum atomic E-state index is 13.1. The highest BCUT2D eigenvalue weighted by Gasteiger charge is 2.27. The van der Waals surface area contributed by atoms with E-state index in [1.165, 1.54) is 0 Å². The number of ether oxygens (including phenoxy) is 1. The number of thioether (sulfide) groups is 2. The smallest absolute Gasteiger partial charge is 0.262 e. The number of para-hydroxylation sites is 3. The standard InChI is InChI=1S/C25H21N3O3S2/c1-31-21-12-6-3-9-18(21)23(29)26-20-11-5-7-13-22(20)32-14-16-15-33-25-27-19-10-4-2-8-17(19)24(30)28(16)25/h2-13,16H,14-15H2,1H3,(H,26,29)/t16-/m1/s1. The molecular weight excluding hydrogens is 454 g/mol. The fourth-order valence-corrected chi connectivity index (χ4v) is 6.20. The summed E-state index contributed by atoms with van der Waals surface area (Å²) in [5.41, 5.74) is 1.95. The number of nitrogens with zero attached hydrogens (tertiary/aromatic N) is 2. The summed E-state index contributed by atoms with van der Waals surface area (Å²) < 4.78 is 7.13. The lowest BCUT2D eigenvalue weighted by Crippen LogP contribution is -2.26. The Kier molecular flexibility index (Phi) is 6.11. The molecule has 1 aliphatic heterocycles. The van der Waals surface area contributed by atoms with Gasteiger partial charge in [-0.1, -0.05) is 48.2 Å². The summed E-state index contributed by atoms with van der Waals surface area (Å²) in [7, 11) is 1.55. The first kappa shape index (κ1) is 21.6. The van der Waals surface area contributed by atoms with Gasteiger partial charge in [-0.2, -0.15) is 0 Å². The van der Waals surface area contributed by atoms with Crippen LogP contribution >= 0.6 is 23.5 Å². The van der Waals surface area contributed by atoms with Crippen LogP contribution in [-0.4, -0.2) is 34.1 Å². The lowest BCUT2D eigenvalue weighted by Gasteiger charge is -2.16. The molecule has 33 heavy (non-hydrogen) atoms. The molecule has 4 aromatic rings. The number of hydrogen-bond acceptors (Lipinski definition) is 6. The molecular formula is C25H21N3O3S2. The second-order valence-corrected chi connectivity index (χ2v) is 9.56. The van der Waals surface area contributed by atoms with E-state index in [-0.39, 0.29) is 17.5 Å². The van der Waals surface area contributed by atoms with Crippen molar-refractivity contribution in [2.45, 2.75) is 16.1 Å². The van der Waals surface area contributed by atoms with Crippen LogP contribution in [0.3, 0.4) is 0 Å². The minimum absolute atomic E-state index is 0.00367. The Hall–Kier alpha value is -3.23. The van der Waals surface area contributed by atoms with Crippen LogP contribution in [0.25, 0.3) is 10.9 Å². The molecule has 1 atom stereocenters. The monoisotopic (exact) mass is 475 g/mol. The number of methoxy groups -OCH3 is 1. The van der Waals surface area contributed by atoms with E-state index < -0.39 is 0 Å². The van der Waals surface area contributed by atoms with Crippen LogP contribution in [-0.2, 0) is 0 Å². The van der Waals surface area contributed by atoms with Gasteiger partial charge in [-0.25, -0.2) is 4.98 Å². The number of rotatable bonds is 6. The minimum atomic E-state index is -0.228. The molecule has 0 saturated heterocycles. The lowest BCUT2D eigenvalue weighted by molar-refractivity contribution is 0.102. The van der Waals surface area contributed by atoms with E-state index in [2.05, 4.69) is 10.3 Å². The molecule has 0 radical (unpaired) electrons. The Bertz CT molecular complexity index is 1400. The average Bonchev–Trinajstić information content (AvgIpc) is 3.26. The number of carbonyl (C=O) groups is 1. The Morgan fingerprint density at radius 1 is 1.12 bits per heavy atom. The molecule has 1 N–H and O–H groups in total. The first-order valence-electron chi connectivity index (χ1n) is 10.5. The molecule has 0 fully saturated rings. The van der Waals surface area contributed by atoms with Crippen LogP contribution in [0.2, 0.25) is 0 Å². The summed E-state index contributed by atoms with van der Waals surface area (Å²) in [5.74, 6) is 1.79. The van der Waals surface area contributed by atoms with Crippen molar-refractivity contribution < 1.29 is 9.53 Å². The van der Waals surface area contributed by atoms with Crippen molar-refractivity contribution in [3.8, 4) is 5.75 Å². The predicted octanol–water partition coefficient (Wildman–Crippen LogP) is 5.10. The Balaban J connectivity index is 1.36. The van der Waals surface area contributed by atoms with Crippen molar-refractivity contribution >= 4 is 46.0 Å². The van der Waals surface area contributed by atoms with Gasteiger partial charge in [0.15, 0.2) is 5.16 Å². The first-order chi connectivity index (χ1) is 16.2. The normalized spacial score (nSPS) is 14.8. The molecule has 166 valence electrons. The number of nitrogens with one attached hydrogen (secondary N) is 1. The van der Waals surface area contributed by atoms with E-state index >= 15 is 0 Å². The van der Waals surface area contributed by atoms with Gasteiger partial charge in [-0.15, -0.1) is 11.8 Å². The number of amides is 1. The fraction of sp³-hybridized carbons (Fsp3) is 0.160. The minimum Gasteiger partial charge on any atom is -0.496 e. The average molecular weight is 476 g/mol. The van der Waals surface area contributed by atoms with Crippen molar-refractivity contribution in [1.29, 1.82) is 0 Å². The van der Waals surface area contributed by atoms with Crippen LogP contribution in [0.15, 0.2) is 87.6 Å². The van der Waals surface area contributed by atoms with Gasteiger partial charge in [0, 0.05) is 16.4 Å². The highest BCUT2D eigenvalue weighted by atomic mass is 32.2. The van der Waals surface area contributed by atoms with Gasteiger partial charge in [0.05, 0.1) is 35.3 Å². The molecule has 5 rings (SSSR count). The number of carbonyl (C=O) groups excluding carboxylic acids is 1. The van der Waals surface area contributed by atoms with E-state index in [1.54, 1.807) is 42.8 Å². The van der Waals surface area contributed by atoms with E-state index in [4.69, 9.17) is 4.74 Å². The number of anilines is 1.